The van der Waals surface area contributed by atoms with Gasteiger partial charge in [0, 0.05) is 45.5 Å². The van der Waals surface area contributed by atoms with E-state index in [1.165, 1.54) is 0 Å². The molecule has 5 nitrogen and oxygen atoms in total. The van der Waals surface area contributed by atoms with E-state index < -0.39 is 0 Å². The molecule has 0 aliphatic heterocycles. The van der Waals surface area contributed by atoms with Crippen LogP contribution < -0.4 is 0 Å². The van der Waals surface area contributed by atoms with Crippen molar-refractivity contribution in [3.63, 3.8) is 0 Å². The van der Waals surface area contributed by atoms with Crippen molar-refractivity contribution in [2.75, 3.05) is 0 Å². The first-order valence-corrected chi connectivity index (χ1v) is 14.2. The minimum Gasteiger partial charge on any atom is -0.507 e. The highest BCUT2D eigenvalue weighted by molar-refractivity contribution is 5.97. The molecule has 6 aromatic rings. The average Bonchev–Trinajstić information content (AvgIpc) is 3.37. The number of aryl methyl sites for hydroxylation is 2. The number of rotatable bonds is 5. The summed E-state index contributed by atoms with van der Waals surface area (Å²) in [7, 11) is 0. The fourth-order valence-corrected chi connectivity index (χ4v) is 5.35. The number of hydrogen-bond acceptors (Lipinski definition) is 4. The van der Waals surface area contributed by atoms with Gasteiger partial charge in [-0.25, -0.2) is 4.98 Å². The summed E-state index contributed by atoms with van der Waals surface area (Å²) in [6.45, 7) is 10.5. The number of para-hydroxylation sites is 3. The average molecular weight is 551 g/mol. The molecule has 0 bridgehead atoms. The van der Waals surface area contributed by atoms with Crippen LogP contribution in [0.4, 0.5) is 5.69 Å². The van der Waals surface area contributed by atoms with Gasteiger partial charge in [0.15, 0.2) is 0 Å². The summed E-state index contributed by atoms with van der Waals surface area (Å²) in [6, 6.07) is 34.5. The van der Waals surface area contributed by atoms with Gasteiger partial charge in [0.25, 0.3) is 0 Å². The Morgan fingerprint density at radius 3 is 2.24 bits per heavy atom. The van der Waals surface area contributed by atoms with Gasteiger partial charge in [0.1, 0.15) is 11.6 Å². The molecule has 0 radical (unpaired) electrons. The van der Waals surface area contributed by atoms with E-state index in [-0.39, 0.29) is 11.2 Å². The Labute approximate surface area is 246 Å². The Kier molecular flexibility index (Phi) is 6.95. The number of phenols is 1. The molecule has 5 heteroatoms. The lowest BCUT2D eigenvalue weighted by Gasteiger charge is -2.19. The second-order valence-corrected chi connectivity index (χ2v) is 11.7. The van der Waals surface area contributed by atoms with Crippen LogP contribution in [-0.2, 0) is 5.41 Å². The smallest absolute Gasteiger partial charge is 0.147 e. The van der Waals surface area contributed by atoms with E-state index in [4.69, 9.17) is 15.0 Å². The van der Waals surface area contributed by atoms with Gasteiger partial charge in [-0.3, -0.25) is 14.5 Å². The molecule has 0 aliphatic carbocycles. The van der Waals surface area contributed by atoms with Crippen LogP contribution in [0.3, 0.4) is 0 Å². The number of fused-ring (bicyclic) bond motifs is 1. The van der Waals surface area contributed by atoms with E-state index in [9.17, 15) is 5.11 Å². The SMILES string of the molecule is Cc1ccc(-c2cccc3c2nc(-c2ccccc2N=Cc2cc(C(C)(C)C)ccc2O)n3-c2ccccc2)c(C)n1. The summed E-state index contributed by atoms with van der Waals surface area (Å²) in [4.78, 5) is 14.9. The Balaban J connectivity index is 1.56. The topological polar surface area (TPSA) is 63.3 Å². The second kappa shape index (κ2) is 10.7. The van der Waals surface area contributed by atoms with Crippen LogP contribution in [0.1, 0.15) is 43.3 Å². The summed E-state index contributed by atoms with van der Waals surface area (Å²) in [5.74, 6) is 0.995. The lowest BCUT2D eigenvalue weighted by molar-refractivity contribution is 0.473. The minimum atomic E-state index is -0.0439. The molecule has 0 saturated carbocycles. The van der Waals surface area contributed by atoms with Crippen LogP contribution in [0.2, 0.25) is 0 Å². The summed E-state index contributed by atoms with van der Waals surface area (Å²) in [6.07, 6.45) is 1.74. The first-order chi connectivity index (χ1) is 20.2. The van der Waals surface area contributed by atoms with Crippen molar-refractivity contribution in [3.05, 3.63) is 126 Å². The van der Waals surface area contributed by atoms with Crippen LogP contribution in [-0.4, -0.2) is 25.9 Å². The number of aromatic nitrogens is 3. The molecule has 0 amide bonds. The molecule has 1 N–H and O–H groups in total. The van der Waals surface area contributed by atoms with E-state index in [0.717, 1.165) is 61.9 Å². The summed E-state index contributed by atoms with van der Waals surface area (Å²) >= 11 is 0. The van der Waals surface area contributed by atoms with Crippen molar-refractivity contribution in [2.24, 2.45) is 4.99 Å². The van der Waals surface area contributed by atoms with Gasteiger partial charge in [-0.2, -0.15) is 0 Å². The van der Waals surface area contributed by atoms with E-state index in [0.29, 0.717) is 5.56 Å². The van der Waals surface area contributed by atoms with Crippen molar-refractivity contribution in [2.45, 2.75) is 40.0 Å². The number of phenolic OH excluding ortho intramolecular Hbond substituents is 1. The van der Waals surface area contributed by atoms with Crippen molar-refractivity contribution < 1.29 is 5.11 Å². The molecule has 6 rings (SSSR count). The number of imidazole rings is 1. The maximum atomic E-state index is 10.6. The first kappa shape index (κ1) is 27.2. The molecule has 2 aromatic heterocycles. The Bertz CT molecular complexity index is 1950. The van der Waals surface area contributed by atoms with Crippen molar-refractivity contribution in [1.82, 2.24) is 14.5 Å². The molecule has 0 aliphatic rings. The summed E-state index contributed by atoms with van der Waals surface area (Å²) in [5.41, 5.74) is 10.4. The third kappa shape index (κ3) is 5.10. The number of aliphatic imine (C=N–C) groups is 1. The van der Waals surface area contributed by atoms with Crippen LogP contribution in [0.15, 0.2) is 108 Å². The van der Waals surface area contributed by atoms with E-state index in [2.05, 4.69) is 67.8 Å². The molecule has 2 heterocycles. The van der Waals surface area contributed by atoms with Crippen molar-refractivity contribution >= 4 is 22.9 Å². The van der Waals surface area contributed by atoms with Crippen molar-refractivity contribution in [1.29, 1.82) is 0 Å². The molecule has 0 saturated heterocycles. The summed E-state index contributed by atoms with van der Waals surface area (Å²) in [5, 5.41) is 10.6. The Morgan fingerprint density at radius 2 is 1.48 bits per heavy atom. The highest BCUT2D eigenvalue weighted by atomic mass is 16.3. The predicted molar refractivity (Wildman–Crippen MR) is 173 cm³/mol. The van der Waals surface area contributed by atoms with Gasteiger partial charge < -0.3 is 5.11 Å². The number of benzene rings is 4. The highest BCUT2D eigenvalue weighted by Crippen LogP contribution is 2.38. The molecule has 208 valence electrons. The fraction of sp³-hybridized carbons (Fsp3) is 0.162. The predicted octanol–water partition coefficient (Wildman–Crippen LogP) is 9.13. The lowest BCUT2D eigenvalue weighted by atomic mass is 9.86. The first-order valence-electron chi connectivity index (χ1n) is 14.2. The normalized spacial score (nSPS) is 11.9. The van der Waals surface area contributed by atoms with E-state index >= 15 is 0 Å². The number of pyridine rings is 1. The molecule has 0 atom stereocenters. The maximum Gasteiger partial charge on any atom is 0.147 e. The molecule has 0 unspecified atom stereocenters. The maximum absolute atomic E-state index is 10.6. The van der Waals surface area contributed by atoms with Crippen LogP contribution in [0.25, 0.3) is 39.2 Å². The summed E-state index contributed by atoms with van der Waals surface area (Å²) < 4.78 is 2.20. The molecule has 4 aromatic carbocycles. The molecular weight excluding hydrogens is 516 g/mol. The molecular formula is C37H34N4O. The van der Waals surface area contributed by atoms with Gasteiger partial charge in [0.2, 0.25) is 0 Å². The van der Waals surface area contributed by atoms with E-state index in [1.54, 1.807) is 12.3 Å². The zero-order valence-electron chi connectivity index (χ0n) is 24.6. The monoisotopic (exact) mass is 550 g/mol. The van der Waals surface area contributed by atoms with Crippen LogP contribution >= 0.6 is 0 Å². The molecule has 42 heavy (non-hydrogen) atoms. The Hall–Kier alpha value is -5.03. The fourth-order valence-electron chi connectivity index (χ4n) is 5.35. The van der Waals surface area contributed by atoms with Gasteiger partial charge in [0.05, 0.1) is 16.7 Å². The van der Waals surface area contributed by atoms with Crippen LogP contribution in [0.5, 0.6) is 5.75 Å². The standard InChI is InChI=1S/C37H34N4O/c1-24-18-20-29(25(2)39-24)30-15-11-17-33-35(30)40-36(41(33)28-12-7-6-8-13-28)31-14-9-10-16-32(31)38-23-26-22-27(37(3,4)5)19-21-34(26)42/h6-23,42H,1-5H3. The zero-order chi connectivity index (χ0) is 29.4. The van der Waals surface area contributed by atoms with Gasteiger partial charge in [-0.15, -0.1) is 0 Å². The Morgan fingerprint density at radius 1 is 0.738 bits per heavy atom. The number of nitrogens with zero attached hydrogens (tertiary/aromatic N) is 4. The highest BCUT2D eigenvalue weighted by Gasteiger charge is 2.20. The molecule has 0 fully saturated rings. The number of aromatic hydroxyl groups is 1. The van der Waals surface area contributed by atoms with Gasteiger partial charge >= 0.3 is 0 Å². The minimum absolute atomic E-state index is 0.0439. The zero-order valence-corrected chi connectivity index (χ0v) is 24.6. The lowest BCUT2D eigenvalue weighted by Crippen LogP contribution is -2.11. The molecule has 0 spiro atoms. The third-order valence-electron chi connectivity index (χ3n) is 7.60. The quantitative estimate of drug-likeness (QED) is 0.218. The van der Waals surface area contributed by atoms with Crippen LogP contribution in [0, 0.1) is 13.8 Å². The largest absolute Gasteiger partial charge is 0.507 e. The third-order valence-corrected chi connectivity index (χ3v) is 7.60. The van der Waals surface area contributed by atoms with Gasteiger partial charge in [-0.05, 0) is 73.4 Å². The second-order valence-electron chi connectivity index (χ2n) is 11.7. The van der Waals surface area contributed by atoms with Crippen molar-refractivity contribution in [3.8, 4) is 34.0 Å². The number of hydrogen-bond donors (Lipinski definition) is 1. The van der Waals surface area contributed by atoms with Gasteiger partial charge in [-0.1, -0.05) is 75.4 Å². The van der Waals surface area contributed by atoms with E-state index in [1.807, 2.05) is 68.4 Å².